The Morgan fingerprint density at radius 3 is 2.81 bits per heavy atom. The Balaban J connectivity index is 1.90. The van der Waals surface area contributed by atoms with E-state index in [1.54, 1.807) is 11.0 Å². The molecular formula is C14H19N5O2. The van der Waals surface area contributed by atoms with E-state index in [0.29, 0.717) is 30.2 Å². The van der Waals surface area contributed by atoms with E-state index in [1.165, 1.54) is 6.20 Å². The number of amides is 1. The molecule has 7 nitrogen and oxygen atoms in total. The number of carbonyl (C=O) groups is 1. The van der Waals surface area contributed by atoms with Crippen LogP contribution in [0.25, 0.3) is 0 Å². The van der Waals surface area contributed by atoms with Gasteiger partial charge in [0, 0.05) is 25.4 Å². The molecule has 1 aliphatic rings. The first-order valence-electron chi connectivity index (χ1n) is 6.68. The Kier molecular flexibility index (Phi) is 3.89. The molecule has 21 heavy (non-hydrogen) atoms. The number of hydrogen-bond donors (Lipinski definition) is 2. The van der Waals surface area contributed by atoms with Crippen molar-refractivity contribution >= 4 is 17.6 Å². The van der Waals surface area contributed by atoms with Gasteiger partial charge in [0.25, 0.3) is 0 Å². The van der Waals surface area contributed by atoms with E-state index in [0.717, 1.165) is 0 Å². The van der Waals surface area contributed by atoms with Crippen LogP contribution in [-0.4, -0.2) is 40.7 Å². The number of nitrogens with two attached hydrogens (primary N) is 1. The Bertz CT molecular complexity index is 582. The number of ether oxygens (including phenoxy) is 1. The second-order valence-corrected chi connectivity index (χ2v) is 5.99. The van der Waals surface area contributed by atoms with E-state index in [4.69, 9.17) is 15.7 Å². The SMILES string of the molecule is CC(C)(C)OC(=O)N1CC(Nc2cc(N)ncc2C#N)C1. The fourth-order valence-corrected chi connectivity index (χ4v) is 1.95. The third kappa shape index (κ3) is 3.75. The Labute approximate surface area is 123 Å². The van der Waals surface area contributed by atoms with E-state index in [1.807, 2.05) is 20.8 Å². The number of pyridine rings is 1. The zero-order valence-corrected chi connectivity index (χ0v) is 12.4. The maximum Gasteiger partial charge on any atom is 0.410 e. The number of carbonyl (C=O) groups excluding carboxylic acids is 1. The van der Waals surface area contributed by atoms with E-state index >= 15 is 0 Å². The molecule has 0 unspecified atom stereocenters. The van der Waals surface area contributed by atoms with Crippen LogP contribution in [0.2, 0.25) is 0 Å². The third-order valence-electron chi connectivity index (χ3n) is 2.94. The highest BCUT2D eigenvalue weighted by Gasteiger charge is 2.33. The predicted molar refractivity (Wildman–Crippen MR) is 78.6 cm³/mol. The molecule has 1 amide bonds. The van der Waals surface area contributed by atoms with Crippen LogP contribution in [-0.2, 0) is 4.74 Å². The molecule has 112 valence electrons. The molecular weight excluding hydrogens is 270 g/mol. The van der Waals surface area contributed by atoms with E-state index in [2.05, 4.69) is 16.4 Å². The molecule has 2 heterocycles. The van der Waals surface area contributed by atoms with Crippen LogP contribution in [0.3, 0.4) is 0 Å². The van der Waals surface area contributed by atoms with Gasteiger partial charge in [-0.25, -0.2) is 9.78 Å². The molecule has 0 aromatic carbocycles. The first-order chi connectivity index (χ1) is 9.78. The normalized spacial score (nSPS) is 15.0. The summed E-state index contributed by atoms with van der Waals surface area (Å²) >= 11 is 0. The van der Waals surface area contributed by atoms with Gasteiger partial charge in [0.2, 0.25) is 0 Å². The molecule has 1 aliphatic heterocycles. The summed E-state index contributed by atoms with van der Waals surface area (Å²) in [5.74, 6) is 0.347. The number of nitrogens with zero attached hydrogens (tertiary/aromatic N) is 3. The summed E-state index contributed by atoms with van der Waals surface area (Å²) in [6, 6.07) is 3.75. The molecule has 1 aromatic heterocycles. The number of aromatic nitrogens is 1. The number of hydrogen-bond acceptors (Lipinski definition) is 6. The smallest absolute Gasteiger partial charge is 0.410 e. The van der Waals surface area contributed by atoms with Crippen molar-refractivity contribution < 1.29 is 9.53 Å². The number of anilines is 2. The van der Waals surface area contributed by atoms with Gasteiger partial charge in [0.05, 0.1) is 17.3 Å². The summed E-state index contributed by atoms with van der Waals surface area (Å²) in [4.78, 5) is 17.3. The van der Waals surface area contributed by atoms with Crippen LogP contribution < -0.4 is 11.1 Å². The van der Waals surface area contributed by atoms with Crippen molar-refractivity contribution in [1.82, 2.24) is 9.88 Å². The lowest BCUT2D eigenvalue weighted by molar-refractivity contribution is 0.0105. The van der Waals surface area contributed by atoms with Gasteiger partial charge in [-0.2, -0.15) is 5.26 Å². The fourth-order valence-electron chi connectivity index (χ4n) is 1.95. The standard InChI is InChI=1S/C14H19N5O2/c1-14(2,3)21-13(20)19-7-10(8-19)18-11-4-12(16)17-6-9(11)5-15/h4,6,10H,7-8H2,1-3H3,(H3,16,17,18). The monoisotopic (exact) mass is 289 g/mol. The van der Waals surface area contributed by atoms with Gasteiger partial charge in [0.1, 0.15) is 17.5 Å². The molecule has 0 aliphatic carbocycles. The minimum atomic E-state index is -0.497. The zero-order chi connectivity index (χ0) is 15.6. The number of nitrogen functional groups attached to an aromatic ring is 1. The summed E-state index contributed by atoms with van der Waals surface area (Å²) in [6.07, 6.45) is 1.11. The highest BCUT2D eigenvalue weighted by atomic mass is 16.6. The lowest BCUT2D eigenvalue weighted by Crippen LogP contribution is -2.58. The van der Waals surface area contributed by atoms with Crippen molar-refractivity contribution in [2.75, 3.05) is 24.1 Å². The number of nitrogens with one attached hydrogen (secondary N) is 1. The van der Waals surface area contributed by atoms with Gasteiger partial charge < -0.3 is 20.7 Å². The second kappa shape index (κ2) is 5.48. The maximum absolute atomic E-state index is 11.8. The topological polar surface area (TPSA) is 104 Å². The van der Waals surface area contributed by atoms with Crippen molar-refractivity contribution in [3.63, 3.8) is 0 Å². The first kappa shape index (κ1) is 14.9. The lowest BCUT2D eigenvalue weighted by Gasteiger charge is -2.40. The first-order valence-corrected chi connectivity index (χ1v) is 6.68. The Hall–Kier alpha value is -2.49. The average molecular weight is 289 g/mol. The van der Waals surface area contributed by atoms with Gasteiger partial charge in [-0.15, -0.1) is 0 Å². The van der Waals surface area contributed by atoms with Crippen LogP contribution in [0.4, 0.5) is 16.3 Å². The summed E-state index contributed by atoms with van der Waals surface area (Å²) in [7, 11) is 0. The van der Waals surface area contributed by atoms with Crippen LogP contribution >= 0.6 is 0 Å². The van der Waals surface area contributed by atoms with Gasteiger partial charge in [0.15, 0.2) is 0 Å². The summed E-state index contributed by atoms with van der Waals surface area (Å²) in [6.45, 7) is 6.56. The number of nitriles is 1. The maximum atomic E-state index is 11.8. The van der Waals surface area contributed by atoms with E-state index in [9.17, 15) is 4.79 Å². The van der Waals surface area contributed by atoms with Gasteiger partial charge in [-0.3, -0.25) is 0 Å². The summed E-state index contributed by atoms with van der Waals surface area (Å²) in [5, 5.41) is 12.2. The van der Waals surface area contributed by atoms with Crippen LogP contribution in [0, 0.1) is 11.3 Å². The molecule has 0 atom stereocenters. The van der Waals surface area contributed by atoms with Gasteiger partial charge in [-0.05, 0) is 20.8 Å². The molecule has 0 bridgehead atoms. The molecule has 0 radical (unpaired) electrons. The minimum absolute atomic E-state index is 0.0754. The van der Waals surface area contributed by atoms with Gasteiger partial charge in [-0.1, -0.05) is 0 Å². The quantitative estimate of drug-likeness (QED) is 0.856. The molecule has 7 heteroatoms. The molecule has 2 rings (SSSR count). The van der Waals surface area contributed by atoms with E-state index < -0.39 is 5.60 Å². The molecule has 3 N–H and O–H groups in total. The van der Waals surface area contributed by atoms with Crippen LogP contribution in [0.5, 0.6) is 0 Å². The Morgan fingerprint density at radius 2 is 2.24 bits per heavy atom. The second-order valence-electron chi connectivity index (χ2n) is 5.99. The lowest BCUT2D eigenvalue weighted by atomic mass is 10.1. The largest absolute Gasteiger partial charge is 0.444 e. The average Bonchev–Trinajstić information content (AvgIpc) is 2.31. The molecule has 0 spiro atoms. The molecule has 0 saturated carbocycles. The zero-order valence-electron chi connectivity index (χ0n) is 12.4. The molecule has 1 aromatic rings. The van der Waals surface area contributed by atoms with Crippen molar-refractivity contribution in [1.29, 1.82) is 5.26 Å². The minimum Gasteiger partial charge on any atom is -0.444 e. The number of rotatable bonds is 2. The third-order valence-corrected chi connectivity index (χ3v) is 2.94. The highest BCUT2D eigenvalue weighted by Crippen LogP contribution is 2.21. The van der Waals surface area contributed by atoms with Crippen molar-refractivity contribution in [2.45, 2.75) is 32.4 Å². The van der Waals surface area contributed by atoms with Crippen molar-refractivity contribution in [3.8, 4) is 6.07 Å². The van der Waals surface area contributed by atoms with Crippen LogP contribution in [0.15, 0.2) is 12.3 Å². The Morgan fingerprint density at radius 1 is 1.57 bits per heavy atom. The van der Waals surface area contributed by atoms with Crippen molar-refractivity contribution in [2.24, 2.45) is 0 Å². The summed E-state index contributed by atoms with van der Waals surface area (Å²) < 4.78 is 5.28. The summed E-state index contributed by atoms with van der Waals surface area (Å²) in [5.41, 5.74) is 6.19. The number of likely N-dealkylation sites (tertiary alicyclic amines) is 1. The molecule has 1 saturated heterocycles. The highest BCUT2D eigenvalue weighted by molar-refractivity contribution is 5.70. The van der Waals surface area contributed by atoms with Gasteiger partial charge >= 0.3 is 6.09 Å². The predicted octanol–water partition coefficient (Wildman–Crippen LogP) is 1.57. The fraction of sp³-hybridized carbons (Fsp3) is 0.500. The van der Waals surface area contributed by atoms with Crippen LogP contribution in [0.1, 0.15) is 26.3 Å². The molecule has 1 fully saturated rings. The van der Waals surface area contributed by atoms with E-state index in [-0.39, 0.29) is 12.1 Å². The van der Waals surface area contributed by atoms with Crippen molar-refractivity contribution in [3.05, 3.63) is 17.8 Å².